The first kappa shape index (κ1) is 24.8. The molecule has 0 bridgehead atoms. The Morgan fingerprint density at radius 1 is 0.971 bits per heavy atom. The number of amides is 2. The lowest BCUT2D eigenvalue weighted by atomic mass is 9.73. The van der Waals surface area contributed by atoms with Gasteiger partial charge in [0.15, 0.2) is 0 Å². The van der Waals surface area contributed by atoms with E-state index in [2.05, 4.69) is 34.9 Å². The third-order valence-electron chi connectivity index (χ3n) is 7.24. The predicted octanol–water partition coefficient (Wildman–Crippen LogP) is 4.56. The van der Waals surface area contributed by atoms with Gasteiger partial charge in [-0.25, -0.2) is 4.79 Å². The van der Waals surface area contributed by atoms with Crippen LogP contribution in [-0.4, -0.2) is 42.8 Å². The Balaban J connectivity index is 1.11. The van der Waals surface area contributed by atoms with Crippen LogP contribution in [-0.2, 0) is 14.3 Å². The van der Waals surface area contributed by atoms with E-state index in [9.17, 15) is 14.4 Å². The maximum Gasteiger partial charge on any atom is 0.407 e. The van der Waals surface area contributed by atoms with E-state index in [1.165, 1.54) is 22.3 Å². The molecule has 2 aromatic rings. The van der Waals surface area contributed by atoms with Crippen molar-refractivity contribution in [1.29, 1.82) is 0 Å². The average molecular weight is 479 g/mol. The van der Waals surface area contributed by atoms with Crippen molar-refractivity contribution in [1.82, 2.24) is 10.6 Å². The van der Waals surface area contributed by atoms with E-state index >= 15 is 0 Å². The summed E-state index contributed by atoms with van der Waals surface area (Å²) >= 11 is 0. The number of nitrogens with one attached hydrogen (secondary N) is 2. The maximum absolute atomic E-state index is 12.3. The molecule has 1 atom stereocenters. The highest BCUT2D eigenvalue weighted by Crippen LogP contribution is 2.44. The summed E-state index contributed by atoms with van der Waals surface area (Å²) in [6.07, 6.45) is 2.86. The number of carbonyl (C=O) groups excluding carboxylic acids is 2. The van der Waals surface area contributed by atoms with Crippen LogP contribution in [0.3, 0.4) is 0 Å². The number of aliphatic carboxylic acids is 1. The fraction of sp³-hybridized carbons (Fsp3) is 0.464. The molecular formula is C28H34N2O5. The fourth-order valence-electron chi connectivity index (χ4n) is 5.25. The zero-order valence-electron chi connectivity index (χ0n) is 20.2. The van der Waals surface area contributed by atoms with Gasteiger partial charge in [-0.1, -0.05) is 55.5 Å². The number of carboxylic acid groups (broad SMARTS) is 1. The Labute approximate surface area is 206 Å². The second-order valence-corrected chi connectivity index (χ2v) is 9.84. The molecule has 0 saturated heterocycles. The standard InChI is InChI=1S/C28H34N2O5/c1-18(27(33)30-16-20-13-19(14-20)15-26(31)32)7-6-12-29-28(34)35-17-25-23-10-4-2-8-21(23)22-9-3-5-11-24(22)25/h2-5,8-11,18-20,25H,6-7,12-17H2,1H3,(H,29,34)(H,30,33)(H,31,32). The summed E-state index contributed by atoms with van der Waals surface area (Å²) in [7, 11) is 0. The van der Waals surface area contributed by atoms with Gasteiger partial charge in [-0.15, -0.1) is 0 Å². The van der Waals surface area contributed by atoms with Gasteiger partial charge < -0.3 is 20.5 Å². The molecule has 2 aliphatic rings. The summed E-state index contributed by atoms with van der Waals surface area (Å²) in [4.78, 5) is 35.3. The molecule has 1 unspecified atom stereocenters. The van der Waals surface area contributed by atoms with E-state index in [0.29, 0.717) is 31.8 Å². The summed E-state index contributed by atoms with van der Waals surface area (Å²) in [5.74, 6) is -0.228. The van der Waals surface area contributed by atoms with Gasteiger partial charge in [0.2, 0.25) is 5.91 Å². The number of hydrogen-bond acceptors (Lipinski definition) is 4. The third-order valence-corrected chi connectivity index (χ3v) is 7.24. The molecule has 2 amide bonds. The molecule has 2 aromatic carbocycles. The van der Waals surface area contributed by atoms with Crippen molar-refractivity contribution in [3.8, 4) is 11.1 Å². The van der Waals surface area contributed by atoms with E-state index < -0.39 is 12.1 Å². The molecule has 7 heteroatoms. The van der Waals surface area contributed by atoms with Crippen LogP contribution in [0.15, 0.2) is 48.5 Å². The lowest BCUT2D eigenvalue weighted by molar-refractivity contribution is -0.139. The lowest BCUT2D eigenvalue weighted by Gasteiger charge is -2.34. The fourth-order valence-corrected chi connectivity index (χ4v) is 5.25. The van der Waals surface area contributed by atoms with E-state index in [0.717, 1.165) is 12.8 Å². The van der Waals surface area contributed by atoms with E-state index in [4.69, 9.17) is 9.84 Å². The minimum absolute atomic E-state index is 0.00725. The van der Waals surface area contributed by atoms with Crippen LogP contribution in [0, 0.1) is 17.8 Å². The number of carbonyl (C=O) groups is 3. The van der Waals surface area contributed by atoms with Gasteiger partial charge >= 0.3 is 12.1 Å². The van der Waals surface area contributed by atoms with Crippen LogP contribution in [0.1, 0.15) is 56.1 Å². The number of rotatable bonds is 11. The quantitative estimate of drug-likeness (QED) is 0.411. The van der Waals surface area contributed by atoms with Crippen LogP contribution >= 0.6 is 0 Å². The Hall–Kier alpha value is -3.35. The van der Waals surface area contributed by atoms with E-state index in [-0.39, 0.29) is 36.7 Å². The number of hydrogen-bond donors (Lipinski definition) is 3. The summed E-state index contributed by atoms with van der Waals surface area (Å²) in [5, 5.41) is 14.6. The molecule has 186 valence electrons. The third kappa shape index (κ3) is 6.21. The monoisotopic (exact) mass is 478 g/mol. The van der Waals surface area contributed by atoms with Crippen molar-refractivity contribution in [2.75, 3.05) is 19.7 Å². The summed E-state index contributed by atoms with van der Waals surface area (Å²) in [6.45, 7) is 3.23. The first-order chi connectivity index (χ1) is 16.9. The molecule has 0 radical (unpaired) electrons. The summed E-state index contributed by atoms with van der Waals surface area (Å²) < 4.78 is 5.54. The van der Waals surface area contributed by atoms with Gasteiger partial charge in [-0.05, 0) is 59.8 Å². The molecule has 0 aromatic heterocycles. The predicted molar refractivity (Wildman–Crippen MR) is 133 cm³/mol. The van der Waals surface area contributed by atoms with Gasteiger partial charge in [0.05, 0.1) is 0 Å². The van der Waals surface area contributed by atoms with Gasteiger partial charge in [0, 0.05) is 31.3 Å². The van der Waals surface area contributed by atoms with Gasteiger partial charge in [0.25, 0.3) is 0 Å². The van der Waals surface area contributed by atoms with Gasteiger partial charge in [-0.3, -0.25) is 9.59 Å². The first-order valence-electron chi connectivity index (χ1n) is 12.5. The van der Waals surface area contributed by atoms with Crippen LogP contribution in [0.2, 0.25) is 0 Å². The smallest absolute Gasteiger partial charge is 0.407 e. The van der Waals surface area contributed by atoms with Crippen molar-refractivity contribution in [3.05, 3.63) is 59.7 Å². The minimum Gasteiger partial charge on any atom is -0.481 e. The van der Waals surface area contributed by atoms with Crippen LogP contribution < -0.4 is 10.6 Å². The average Bonchev–Trinajstić information content (AvgIpc) is 3.15. The number of benzene rings is 2. The van der Waals surface area contributed by atoms with Gasteiger partial charge in [0.1, 0.15) is 6.61 Å². The second kappa shape index (κ2) is 11.4. The molecule has 3 N–H and O–H groups in total. The maximum atomic E-state index is 12.3. The molecule has 7 nitrogen and oxygen atoms in total. The van der Waals surface area contributed by atoms with Crippen molar-refractivity contribution < 1.29 is 24.2 Å². The van der Waals surface area contributed by atoms with E-state index in [1.54, 1.807) is 0 Å². The first-order valence-corrected chi connectivity index (χ1v) is 12.5. The van der Waals surface area contributed by atoms with E-state index in [1.807, 2.05) is 31.2 Å². The lowest BCUT2D eigenvalue weighted by Crippen LogP contribution is -2.39. The summed E-state index contributed by atoms with van der Waals surface area (Å²) in [5.41, 5.74) is 4.75. The van der Waals surface area contributed by atoms with Crippen LogP contribution in [0.5, 0.6) is 0 Å². The normalized spacial score (nSPS) is 19.1. The second-order valence-electron chi connectivity index (χ2n) is 9.84. The SMILES string of the molecule is CC(CCCNC(=O)OCC1c2ccccc2-c2ccccc21)C(=O)NCC1CC(CC(=O)O)C1. The number of fused-ring (bicyclic) bond motifs is 3. The zero-order valence-corrected chi connectivity index (χ0v) is 20.2. The highest BCUT2D eigenvalue weighted by atomic mass is 16.5. The Bertz CT molecular complexity index is 1020. The molecule has 0 spiro atoms. The van der Waals surface area contributed by atoms with Crippen molar-refractivity contribution in [3.63, 3.8) is 0 Å². The molecule has 2 aliphatic carbocycles. The van der Waals surface area contributed by atoms with Crippen LogP contribution in [0.4, 0.5) is 4.79 Å². The van der Waals surface area contributed by atoms with Gasteiger partial charge in [-0.2, -0.15) is 0 Å². The Morgan fingerprint density at radius 3 is 2.23 bits per heavy atom. The van der Waals surface area contributed by atoms with Crippen molar-refractivity contribution >= 4 is 18.0 Å². The zero-order chi connectivity index (χ0) is 24.8. The molecule has 1 saturated carbocycles. The summed E-state index contributed by atoms with van der Waals surface area (Å²) in [6, 6.07) is 16.5. The molecule has 0 aliphatic heterocycles. The molecule has 1 fully saturated rings. The Kier molecular flexibility index (Phi) is 8.06. The van der Waals surface area contributed by atoms with Crippen molar-refractivity contribution in [2.45, 2.75) is 44.9 Å². The van der Waals surface area contributed by atoms with Crippen LogP contribution in [0.25, 0.3) is 11.1 Å². The molecular weight excluding hydrogens is 444 g/mol. The largest absolute Gasteiger partial charge is 0.481 e. The number of carboxylic acids is 1. The van der Waals surface area contributed by atoms with Crippen molar-refractivity contribution in [2.24, 2.45) is 17.8 Å². The highest BCUT2D eigenvalue weighted by Gasteiger charge is 2.31. The topological polar surface area (TPSA) is 105 Å². The Morgan fingerprint density at radius 2 is 1.60 bits per heavy atom. The molecule has 4 rings (SSSR count). The molecule has 0 heterocycles. The number of ether oxygens (including phenoxy) is 1. The highest BCUT2D eigenvalue weighted by molar-refractivity contribution is 5.79. The number of alkyl carbamates (subject to hydrolysis) is 1. The minimum atomic E-state index is -0.752. The molecule has 35 heavy (non-hydrogen) atoms.